The molecule has 13 nitrogen and oxygen atoms in total. The van der Waals surface area contributed by atoms with E-state index >= 15 is 0 Å². The second-order valence-electron chi connectivity index (χ2n) is 18.1. The van der Waals surface area contributed by atoms with E-state index in [0.29, 0.717) is 38.8 Å². The molecule has 0 aromatic heterocycles. The normalized spacial score (nSPS) is 18.1. The number of benzene rings is 2. The Kier molecular flexibility index (Phi) is 22.0. The lowest BCUT2D eigenvalue weighted by Crippen LogP contribution is -2.60. The van der Waals surface area contributed by atoms with Crippen LogP contribution in [0.15, 0.2) is 66.7 Å². The summed E-state index contributed by atoms with van der Waals surface area (Å²) in [4.78, 5) is 73.3. The van der Waals surface area contributed by atoms with E-state index < -0.39 is 42.2 Å². The molecular formula is C50H77N5O8. The second-order valence-corrected chi connectivity index (χ2v) is 18.1. The Bertz CT molecular complexity index is 1760. The van der Waals surface area contributed by atoms with E-state index in [0.717, 1.165) is 17.5 Å². The van der Waals surface area contributed by atoms with E-state index in [1.165, 1.54) is 0 Å². The molecule has 3 rings (SSSR count). The zero-order valence-electron chi connectivity index (χ0n) is 39.8. The lowest BCUT2D eigenvalue weighted by Gasteiger charge is -2.41. The third-order valence-corrected chi connectivity index (χ3v) is 12.7. The molecule has 1 saturated heterocycles. The molecule has 0 aliphatic carbocycles. The number of likely N-dealkylation sites (N-methyl/N-ethyl adjacent to an activating group) is 2. The van der Waals surface area contributed by atoms with Gasteiger partial charge in [0.15, 0.2) is 0 Å². The summed E-state index contributed by atoms with van der Waals surface area (Å²) in [7, 11) is 6.67. The van der Waals surface area contributed by atoms with Crippen molar-refractivity contribution in [3.8, 4) is 0 Å². The summed E-state index contributed by atoms with van der Waals surface area (Å²) in [5.41, 5.74) is 2.13. The van der Waals surface area contributed by atoms with Crippen molar-refractivity contribution in [2.75, 3.05) is 41.4 Å². The maximum Gasteiger partial charge on any atom is 0.303 e. The molecule has 13 heteroatoms. The van der Waals surface area contributed by atoms with Crippen LogP contribution in [0.25, 0.3) is 6.08 Å². The topological polar surface area (TPSA) is 158 Å². The van der Waals surface area contributed by atoms with Gasteiger partial charge in [-0.15, -0.1) is 0 Å². The summed E-state index contributed by atoms with van der Waals surface area (Å²) in [6.45, 7) is 14.5. The number of hydrogen-bond acceptors (Lipinski definition) is 8. The van der Waals surface area contributed by atoms with Gasteiger partial charge in [0.05, 0.1) is 48.7 Å². The Hall–Kier alpha value is -4.59. The quantitative estimate of drug-likeness (QED) is 0.0986. The highest BCUT2D eigenvalue weighted by Crippen LogP contribution is 2.30. The summed E-state index contributed by atoms with van der Waals surface area (Å²) in [6.07, 6.45) is 5.97. The second kappa shape index (κ2) is 26.3. The molecular weight excluding hydrogens is 799 g/mol. The Morgan fingerprint density at radius 3 is 2.06 bits per heavy atom. The summed E-state index contributed by atoms with van der Waals surface area (Å²) in [5.74, 6) is -2.76. The SMILES string of the molecule is CC[C@H](C)[C@@H]([C@@H](CC(=O)N1CCC[C@H]1[C@H](OC)[C@@H](C)C(=O)N[C@H](/C=C/c1ccccc1)Cc1ccccc1)OC)N(C)C(=O)[C@@H](NC(=O)[C@H](C(C)C)N(C)CCCC(=O)O)C(C)C. The number of carboxylic acids is 1. The molecule has 2 aromatic carbocycles. The van der Waals surface area contributed by atoms with Crippen LogP contribution in [0.4, 0.5) is 0 Å². The van der Waals surface area contributed by atoms with E-state index in [1.54, 1.807) is 33.2 Å². The minimum absolute atomic E-state index is 0.000372. The number of nitrogens with one attached hydrogen (secondary N) is 2. The molecule has 0 unspecified atom stereocenters. The summed E-state index contributed by atoms with van der Waals surface area (Å²) in [6, 6.07) is 17.5. The van der Waals surface area contributed by atoms with Gasteiger partial charge in [0.25, 0.3) is 0 Å². The third-order valence-electron chi connectivity index (χ3n) is 12.7. The van der Waals surface area contributed by atoms with Gasteiger partial charge in [-0.3, -0.25) is 28.9 Å². The average molecular weight is 876 g/mol. The van der Waals surface area contributed by atoms with Gasteiger partial charge < -0.3 is 35.0 Å². The van der Waals surface area contributed by atoms with Crippen LogP contribution in [0.5, 0.6) is 0 Å². The van der Waals surface area contributed by atoms with Gasteiger partial charge >= 0.3 is 5.97 Å². The highest BCUT2D eigenvalue weighted by atomic mass is 16.5. The molecule has 63 heavy (non-hydrogen) atoms. The van der Waals surface area contributed by atoms with Crippen LogP contribution in [-0.4, -0.2) is 133 Å². The van der Waals surface area contributed by atoms with Gasteiger partial charge in [-0.2, -0.15) is 0 Å². The predicted molar refractivity (Wildman–Crippen MR) is 249 cm³/mol. The van der Waals surface area contributed by atoms with Crippen LogP contribution >= 0.6 is 0 Å². The molecule has 1 fully saturated rings. The van der Waals surface area contributed by atoms with Gasteiger partial charge in [-0.25, -0.2) is 0 Å². The fourth-order valence-corrected chi connectivity index (χ4v) is 9.05. The molecule has 9 atom stereocenters. The van der Waals surface area contributed by atoms with Gasteiger partial charge in [0.2, 0.25) is 23.6 Å². The molecule has 3 N–H and O–H groups in total. The number of carbonyl (C=O) groups is 5. The smallest absolute Gasteiger partial charge is 0.303 e. The van der Waals surface area contributed by atoms with Gasteiger partial charge in [0.1, 0.15) is 6.04 Å². The monoisotopic (exact) mass is 876 g/mol. The molecule has 4 amide bonds. The number of carboxylic acid groups (broad SMARTS) is 1. The number of amides is 4. The minimum Gasteiger partial charge on any atom is -0.481 e. The van der Waals surface area contributed by atoms with Gasteiger partial charge in [-0.05, 0) is 68.2 Å². The van der Waals surface area contributed by atoms with Crippen molar-refractivity contribution in [1.82, 2.24) is 25.3 Å². The molecule has 2 aromatic rings. The fourth-order valence-electron chi connectivity index (χ4n) is 9.05. The lowest BCUT2D eigenvalue weighted by molar-refractivity contribution is -0.148. The number of hydrogen-bond donors (Lipinski definition) is 3. The van der Waals surface area contributed by atoms with Crippen molar-refractivity contribution in [1.29, 1.82) is 0 Å². The zero-order chi connectivity index (χ0) is 46.8. The van der Waals surface area contributed by atoms with Crippen LogP contribution in [0, 0.1) is 23.7 Å². The number of rotatable bonds is 26. The predicted octanol–water partition coefficient (Wildman–Crippen LogP) is 6.31. The number of aliphatic carboxylic acids is 1. The largest absolute Gasteiger partial charge is 0.481 e. The fraction of sp³-hybridized carbons (Fsp3) is 0.620. The number of likely N-dealkylation sites (tertiary alicyclic amines) is 1. The first-order valence-corrected chi connectivity index (χ1v) is 22.9. The van der Waals surface area contributed by atoms with Crippen molar-refractivity contribution in [3.63, 3.8) is 0 Å². The van der Waals surface area contributed by atoms with Crippen molar-refractivity contribution in [2.24, 2.45) is 23.7 Å². The van der Waals surface area contributed by atoms with Crippen LogP contribution in [0.1, 0.15) is 98.1 Å². The van der Waals surface area contributed by atoms with Crippen LogP contribution in [-0.2, 0) is 39.9 Å². The van der Waals surface area contributed by atoms with Gasteiger partial charge in [-0.1, -0.05) is 128 Å². The van der Waals surface area contributed by atoms with E-state index in [4.69, 9.17) is 14.6 Å². The zero-order valence-corrected chi connectivity index (χ0v) is 39.8. The van der Waals surface area contributed by atoms with Crippen molar-refractivity contribution in [3.05, 3.63) is 77.9 Å². The number of carbonyl (C=O) groups excluding carboxylic acids is 4. The molecule has 1 aliphatic heterocycles. The maximum absolute atomic E-state index is 14.5. The molecule has 0 saturated carbocycles. The highest BCUT2D eigenvalue weighted by Gasteiger charge is 2.43. The Labute approximate surface area is 377 Å². The van der Waals surface area contributed by atoms with E-state index in [9.17, 15) is 24.0 Å². The number of nitrogens with zero attached hydrogens (tertiary/aromatic N) is 3. The maximum atomic E-state index is 14.5. The molecule has 0 bridgehead atoms. The van der Waals surface area contributed by atoms with Gasteiger partial charge in [0, 0.05) is 34.2 Å². The molecule has 0 radical (unpaired) electrons. The Balaban J connectivity index is 1.79. The summed E-state index contributed by atoms with van der Waals surface area (Å²) in [5, 5.41) is 15.4. The first-order valence-electron chi connectivity index (χ1n) is 22.9. The van der Waals surface area contributed by atoms with E-state index in [2.05, 4.69) is 10.6 Å². The van der Waals surface area contributed by atoms with E-state index in [-0.39, 0.29) is 66.3 Å². The Morgan fingerprint density at radius 2 is 1.51 bits per heavy atom. The molecule has 1 heterocycles. The van der Waals surface area contributed by atoms with Crippen molar-refractivity contribution in [2.45, 2.75) is 136 Å². The number of methoxy groups -OCH3 is 2. The Morgan fingerprint density at radius 1 is 0.873 bits per heavy atom. The number of ether oxygens (including phenoxy) is 2. The minimum atomic E-state index is -0.889. The van der Waals surface area contributed by atoms with Crippen molar-refractivity contribution < 1.29 is 38.6 Å². The third kappa shape index (κ3) is 15.6. The van der Waals surface area contributed by atoms with Crippen LogP contribution in [0.2, 0.25) is 0 Å². The first-order chi connectivity index (χ1) is 29.9. The average Bonchev–Trinajstić information content (AvgIpc) is 3.74. The molecule has 0 spiro atoms. The standard InChI is InChI=1S/C50H77N5O8/c1-12-35(6)46(54(9)50(61)44(33(2)3)52-49(60)45(34(4)5)53(8)29-20-26-43(57)58)41(62-10)32-42(56)55-30-19-25-40(55)47(63-11)36(7)48(59)51-39(31-38-23-17-14-18-24-38)28-27-37-21-15-13-16-22-37/h13-18,21-24,27-28,33-36,39-41,44-47H,12,19-20,25-26,29-32H2,1-11H3,(H,51,59)(H,52,60)(H,57,58)/b28-27+/t35-,36+,39+,40-,41+,44-,45-,46-,47+/m0/s1. The van der Waals surface area contributed by atoms with Crippen LogP contribution in [0.3, 0.4) is 0 Å². The molecule has 1 aliphatic rings. The van der Waals surface area contributed by atoms with Crippen molar-refractivity contribution >= 4 is 35.7 Å². The van der Waals surface area contributed by atoms with Crippen LogP contribution < -0.4 is 10.6 Å². The summed E-state index contributed by atoms with van der Waals surface area (Å²) >= 11 is 0. The lowest BCUT2D eigenvalue weighted by atomic mass is 9.89. The van der Waals surface area contributed by atoms with E-state index in [1.807, 2.05) is 131 Å². The molecule has 350 valence electrons. The summed E-state index contributed by atoms with van der Waals surface area (Å²) < 4.78 is 12.2. The highest BCUT2D eigenvalue weighted by molar-refractivity contribution is 5.90. The first kappa shape index (κ1) is 52.8.